The second kappa shape index (κ2) is 8.15. The first kappa shape index (κ1) is 16.0. The fraction of sp³-hybridized carbons (Fsp3) is 0.857. The monoisotopic (exact) mass is 271 g/mol. The highest BCUT2D eigenvalue weighted by Crippen LogP contribution is 2.22. The number of carboxylic acid groups (broad SMARTS) is 1. The van der Waals surface area contributed by atoms with Gasteiger partial charge in [0.2, 0.25) is 5.91 Å². The van der Waals surface area contributed by atoms with Gasteiger partial charge in [0.15, 0.2) is 0 Å². The third kappa shape index (κ3) is 5.19. The predicted octanol–water partition coefficient (Wildman–Crippen LogP) is 2.09. The van der Waals surface area contributed by atoms with Gasteiger partial charge in [0.1, 0.15) is 12.1 Å². The summed E-state index contributed by atoms with van der Waals surface area (Å²) in [5.41, 5.74) is 0. The second-order valence-corrected chi connectivity index (χ2v) is 5.10. The Morgan fingerprint density at radius 2 is 1.84 bits per heavy atom. The van der Waals surface area contributed by atoms with Crippen LogP contribution in [0.25, 0.3) is 0 Å². The van der Waals surface area contributed by atoms with Gasteiger partial charge in [-0.05, 0) is 25.7 Å². The van der Waals surface area contributed by atoms with E-state index in [4.69, 9.17) is 9.84 Å². The van der Waals surface area contributed by atoms with Gasteiger partial charge in [-0.1, -0.05) is 33.1 Å². The molecule has 2 atom stereocenters. The van der Waals surface area contributed by atoms with E-state index < -0.39 is 18.1 Å². The Kier molecular flexibility index (Phi) is 6.84. The van der Waals surface area contributed by atoms with Crippen molar-refractivity contribution in [3.8, 4) is 0 Å². The molecule has 1 amide bonds. The van der Waals surface area contributed by atoms with E-state index in [2.05, 4.69) is 5.32 Å². The normalized spacial score (nSPS) is 19.7. The van der Waals surface area contributed by atoms with Crippen LogP contribution in [-0.2, 0) is 14.3 Å². The van der Waals surface area contributed by atoms with Crippen molar-refractivity contribution in [2.45, 2.75) is 77.0 Å². The summed E-state index contributed by atoms with van der Waals surface area (Å²) in [4.78, 5) is 22.9. The summed E-state index contributed by atoms with van der Waals surface area (Å²) in [5, 5.41) is 11.5. The number of carbonyl (C=O) groups excluding carboxylic acids is 1. The van der Waals surface area contributed by atoms with Crippen molar-refractivity contribution in [2.24, 2.45) is 0 Å². The molecule has 1 rings (SSSR count). The van der Waals surface area contributed by atoms with Gasteiger partial charge in [0.25, 0.3) is 0 Å². The van der Waals surface area contributed by atoms with Crippen molar-refractivity contribution in [3.05, 3.63) is 0 Å². The lowest BCUT2D eigenvalue weighted by Crippen LogP contribution is -2.46. The molecule has 2 N–H and O–H groups in total. The number of amides is 1. The lowest BCUT2D eigenvalue weighted by Gasteiger charge is -2.27. The lowest BCUT2D eigenvalue weighted by molar-refractivity contribution is -0.146. The van der Waals surface area contributed by atoms with Crippen LogP contribution in [0.2, 0.25) is 0 Å². The fourth-order valence-electron chi connectivity index (χ4n) is 2.38. The maximum atomic E-state index is 12.0. The first-order valence-corrected chi connectivity index (χ1v) is 7.27. The number of nitrogens with one attached hydrogen (secondary N) is 1. The van der Waals surface area contributed by atoms with Crippen LogP contribution in [0.1, 0.15) is 58.8 Å². The Balaban J connectivity index is 2.48. The maximum absolute atomic E-state index is 12.0. The van der Waals surface area contributed by atoms with Crippen molar-refractivity contribution < 1.29 is 19.4 Å². The van der Waals surface area contributed by atoms with Crippen LogP contribution in [-0.4, -0.2) is 35.2 Å². The molecule has 5 nitrogen and oxygen atoms in total. The van der Waals surface area contributed by atoms with Crippen molar-refractivity contribution >= 4 is 11.9 Å². The van der Waals surface area contributed by atoms with Crippen LogP contribution >= 0.6 is 0 Å². The number of hydrogen-bond donors (Lipinski definition) is 2. The zero-order valence-electron chi connectivity index (χ0n) is 11.9. The van der Waals surface area contributed by atoms with E-state index in [0.29, 0.717) is 12.8 Å². The van der Waals surface area contributed by atoms with E-state index in [1.165, 1.54) is 6.42 Å². The van der Waals surface area contributed by atoms with Gasteiger partial charge in [-0.3, -0.25) is 4.79 Å². The lowest BCUT2D eigenvalue weighted by atomic mass is 9.97. The molecular weight excluding hydrogens is 246 g/mol. The van der Waals surface area contributed by atoms with E-state index in [1.54, 1.807) is 6.92 Å². The van der Waals surface area contributed by atoms with Gasteiger partial charge in [0.05, 0.1) is 6.10 Å². The molecule has 1 saturated carbocycles. The summed E-state index contributed by atoms with van der Waals surface area (Å²) in [6.45, 7) is 3.62. The molecule has 0 aromatic carbocycles. The smallest absolute Gasteiger partial charge is 0.326 e. The molecule has 1 aliphatic carbocycles. The van der Waals surface area contributed by atoms with Crippen LogP contribution in [0.4, 0.5) is 0 Å². The Morgan fingerprint density at radius 3 is 2.32 bits per heavy atom. The molecule has 2 unspecified atom stereocenters. The number of aliphatic carboxylic acids is 1. The molecule has 0 heterocycles. The molecule has 110 valence electrons. The van der Waals surface area contributed by atoms with Crippen molar-refractivity contribution in [1.29, 1.82) is 0 Å². The largest absolute Gasteiger partial charge is 0.480 e. The second-order valence-electron chi connectivity index (χ2n) is 5.10. The van der Waals surface area contributed by atoms with Crippen LogP contribution in [0.15, 0.2) is 0 Å². The maximum Gasteiger partial charge on any atom is 0.326 e. The molecule has 19 heavy (non-hydrogen) atoms. The summed E-state index contributed by atoms with van der Waals surface area (Å²) in [6, 6.07) is -0.823. The Hall–Kier alpha value is -1.10. The molecule has 5 heteroatoms. The van der Waals surface area contributed by atoms with E-state index in [9.17, 15) is 9.59 Å². The molecule has 0 radical (unpaired) electrons. The minimum absolute atomic E-state index is 0.148. The molecule has 0 saturated heterocycles. The molecular formula is C14H25NO4. The Labute approximate surface area is 114 Å². The number of rotatable bonds is 7. The highest BCUT2D eigenvalue weighted by molar-refractivity contribution is 5.86. The summed E-state index contributed by atoms with van der Waals surface area (Å²) in [5.74, 6) is -1.30. The molecule has 0 aliphatic heterocycles. The number of carbonyl (C=O) groups is 2. The number of ether oxygens (including phenoxy) is 1. The first-order chi connectivity index (χ1) is 9.08. The average Bonchev–Trinajstić information content (AvgIpc) is 2.42. The zero-order valence-corrected chi connectivity index (χ0v) is 11.9. The van der Waals surface area contributed by atoms with Gasteiger partial charge in [-0.25, -0.2) is 4.79 Å². The number of hydrogen-bond acceptors (Lipinski definition) is 3. The standard InChI is InChI=1S/C14H25NO4/c1-3-11(14(17)18)15-13(16)12(4-2)19-10-8-6-5-7-9-10/h10-12H,3-9H2,1-2H3,(H,15,16)(H,17,18). The van der Waals surface area contributed by atoms with E-state index in [0.717, 1.165) is 25.7 Å². The molecule has 0 aromatic rings. The minimum atomic E-state index is -0.997. The first-order valence-electron chi connectivity index (χ1n) is 7.27. The van der Waals surface area contributed by atoms with Crippen LogP contribution in [0.5, 0.6) is 0 Å². The quantitative estimate of drug-likeness (QED) is 0.743. The Morgan fingerprint density at radius 1 is 1.21 bits per heavy atom. The average molecular weight is 271 g/mol. The van der Waals surface area contributed by atoms with Crippen molar-refractivity contribution in [2.75, 3.05) is 0 Å². The third-order valence-electron chi connectivity index (χ3n) is 3.59. The summed E-state index contributed by atoms with van der Waals surface area (Å²) in [7, 11) is 0. The molecule has 0 spiro atoms. The van der Waals surface area contributed by atoms with Gasteiger partial charge < -0.3 is 15.2 Å². The van der Waals surface area contributed by atoms with Gasteiger partial charge in [-0.15, -0.1) is 0 Å². The van der Waals surface area contributed by atoms with Crippen LogP contribution in [0.3, 0.4) is 0 Å². The van der Waals surface area contributed by atoms with E-state index in [1.807, 2.05) is 6.92 Å². The van der Waals surface area contributed by atoms with Crippen molar-refractivity contribution in [1.82, 2.24) is 5.32 Å². The van der Waals surface area contributed by atoms with Crippen molar-refractivity contribution in [3.63, 3.8) is 0 Å². The van der Waals surface area contributed by atoms with Gasteiger partial charge in [0, 0.05) is 0 Å². The summed E-state index contributed by atoms with van der Waals surface area (Å²) in [6.07, 6.45) is 6.09. The summed E-state index contributed by atoms with van der Waals surface area (Å²) < 4.78 is 5.82. The van der Waals surface area contributed by atoms with Crippen LogP contribution in [0, 0.1) is 0 Å². The Bertz CT molecular complexity index is 300. The molecule has 0 bridgehead atoms. The van der Waals surface area contributed by atoms with Gasteiger partial charge in [-0.2, -0.15) is 0 Å². The molecule has 1 aliphatic rings. The highest BCUT2D eigenvalue weighted by Gasteiger charge is 2.26. The molecule has 1 fully saturated rings. The predicted molar refractivity (Wildman–Crippen MR) is 71.9 cm³/mol. The van der Waals surface area contributed by atoms with Crippen LogP contribution < -0.4 is 5.32 Å². The fourth-order valence-corrected chi connectivity index (χ4v) is 2.38. The van der Waals surface area contributed by atoms with E-state index >= 15 is 0 Å². The highest BCUT2D eigenvalue weighted by atomic mass is 16.5. The minimum Gasteiger partial charge on any atom is -0.480 e. The van der Waals surface area contributed by atoms with Gasteiger partial charge >= 0.3 is 5.97 Å². The zero-order chi connectivity index (χ0) is 14.3. The third-order valence-corrected chi connectivity index (χ3v) is 3.59. The molecule has 0 aromatic heterocycles. The summed E-state index contributed by atoms with van der Waals surface area (Å²) >= 11 is 0. The topological polar surface area (TPSA) is 75.6 Å². The SMILES string of the molecule is CCC(NC(=O)C(CC)OC1CCCCC1)C(=O)O. The number of carboxylic acids is 1. The van der Waals surface area contributed by atoms with E-state index in [-0.39, 0.29) is 12.0 Å².